The van der Waals surface area contributed by atoms with Crippen LogP contribution in [-0.2, 0) is 16.5 Å². The van der Waals surface area contributed by atoms with Crippen LogP contribution in [0.1, 0.15) is 38.2 Å². The van der Waals surface area contributed by atoms with Crippen LogP contribution in [-0.4, -0.2) is 18.1 Å². The van der Waals surface area contributed by atoms with Gasteiger partial charge >= 0.3 is 0 Å². The Kier molecular flexibility index (Phi) is 6.23. The van der Waals surface area contributed by atoms with Crippen molar-refractivity contribution in [3.05, 3.63) is 48.0 Å². The highest BCUT2D eigenvalue weighted by Gasteiger charge is 2.14. The lowest BCUT2D eigenvalue weighted by Gasteiger charge is -2.13. The summed E-state index contributed by atoms with van der Waals surface area (Å²) in [5.41, 5.74) is 0.864. The Morgan fingerprint density at radius 3 is 2.50 bits per heavy atom. The van der Waals surface area contributed by atoms with Crippen LogP contribution in [0.4, 0.5) is 0 Å². The molecule has 0 fully saturated rings. The molecule has 2 aromatic rings. The average Bonchev–Trinajstić information content (AvgIpc) is 2.54. The van der Waals surface area contributed by atoms with E-state index in [-0.39, 0.29) is 16.4 Å². The van der Waals surface area contributed by atoms with E-state index in [2.05, 4.69) is 6.92 Å². The molecule has 0 heterocycles. The second-order valence-corrected chi connectivity index (χ2v) is 7.05. The predicted octanol–water partition coefficient (Wildman–Crippen LogP) is 4.55. The fourth-order valence-corrected chi connectivity index (χ4v) is 2.96. The Bertz CT molecular complexity index is 784. The average molecular weight is 350 g/mol. The molecule has 2 aromatic carbocycles. The second-order valence-electron chi connectivity index (χ2n) is 5.63. The van der Waals surface area contributed by atoms with E-state index >= 15 is 0 Å². The maximum Gasteiger partial charge on any atom is 0.294 e. The maximum atomic E-state index is 11.2. The van der Waals surface area contributed by atoms with Crippen molar-refractivity contribution >= 4 is 10.1 Å². The number of para-hydroxylation sites is 1. The van der Waals surface area contributed by atoms with Crippen molar-refractivity contribution in [3.63, 3.8) is 0 Å². The summed E-state index contributed by atoms with van der Waals surface area (Å²) in [6.07, 6.45) is 5.15. The van der Waals surface area contributed by atoms with E-state index in [4.69, 9.17) is 9.29 Å². The van der Waals surface area contributed by atoms with Crippen molar-refractivity contribution in [2.24, 2.45) is 0 Å². The number of aromatic hydroxyl groups is 1. The molecule has 0 spiro atoms. The Morgan fingerprint density at radius 2 is 1.79 bits per heavy atom. The molecule has 0 bridgehead atoms. The van der Waals surface area contributed by atoms with Crippen LogP contribution in [0, 0.1) is 0 Å². The molecule has 24 heavy (non-hydrogen) atoms. The number of unbranched alkanes of at least 4 members (excludes halogenated alkanes) is 3. The van der Waals surface area contributed by atoms with E-state index in [1.165, 1.54) is 24.3 Å². The fraction of sp³-hybridized carbons (Fsp3) is 0.333. The summed E-state index contributed by atoms with van der Waals surface area (Å²) in [5, 5.41) is 10.1. The van der Waals surface area contributed by atoms with E-state index in [1.807, 2.05) is 6.07 Å². The van der Waals surface area contributed by atoms with Crippen LogP contribution >= 0.6 is 0 Å². The van der Waals surface area contributed by atoms with Crippen molar-refractivity contribution in [2.75, 3.05) is 0 Å². The molecule has 0 aliphatic carbocycles. The number of ether oxygens (including phenoxy) is 1. The summed E-state index contributed by atoms with van der Waals surface area (Å²) in [6, 6.07) is 10.7. The largest absolute Gasteiger partial charge is 0.504 e. The fourth-order valence-electron chi connectivity index (χ4n) is 2.44. The number of hydrogen-bond donors (Lipinski definition) is 2. The quantitative estimate of drug-likeness (QED) is 0.539. The Balaban J connectivity index is 2.23. The van der Waals surface area contributed by atoms with Gasteiger partial charge in [0.1, 0.15) is 5.75 Å². The van der Waals surface area contributed by atoms with Gasteiger partial charge in [-0.25, -0.2) is 0 Å². The van der Waals surface area contributed by atoms with Crippen LogP contribution in [0.15, 0.2) is 47.4 Å². The molecule has 0 radical (unpaired) electrons. The van der Waals surface area contributed by atoms with Gasteiger partial charge in [0.25, 0.3) is 10.1 Å². The van der Waals surface area contributed by atoms with Gasteiger partial charge in [0.2, 0.25) is 0 Å². The van der Waals surface area contributed by atoms with Crippen LogP contribution in [0.25, 0.3) is 0 Å². The molecule has 0 aliphatic rings. The third kappa shape index (κ3) is 4.97. The smallest absolute Gasteiger partial charge is 0.294 e. The van der Waals surface area contributed by atoms with Crippen molar-refractivity contribution in [1.29, 1.82) is 0 Å². The zero-order valence-corrected chi connectivity index (χ0v) is 14.4. The first-order valence-electron chi connectivity index (χ1n) is 7.98. The van der Waals surface area contributed by atoms with Crippen molar-refractivity contribution < 1.29 is 22.8 Å². The molecule has 0 amide bonds. The summed E-state index contributed by atoms with van der Waals surface area (Å²) < 4.78 is 37.3. The van der Waals surface area contributed by atoms with Gasteiger partial charge < -0.3 is 9.84 Å². The number of rotatable bonds is 8. The molecule has 5 nitrogen and oxygen atoms in total. The van der Waals surface area contributed by atoms with Crippen molar-refractivity contribution in [2.45, 2.75) is 43.9 Å². The maximum absolute atomic E-state index is 11.2. The second kappa shape index (κ2) is 8.17. The number of aryl methyl sites for hydroxylation is 1. The minimum Gasteiger partial charge on any atom is -0.504 e. The first-order chi connectivity index (χ1) is 11.4. The minimum atomic E-state index is -4.30. The molecule has 2 N–H and O–H groups in total. The Hall–Kier alpha value is -2.05. The normalized spacial score (nSPS) is 11.4. The molecule has 0 unspecified atom stereocenters. The van der Waals surface area contributed by atoms with Crippen LogP contribution < -0.4 is 4.74 Å². The number of phenols is 1. The van der Waals surface area contributed by atoms with Gasteiger partial charge in [-0.2, -0.15) is 8.42 Å². The van der Waals surface area contributed by atoms with Gasteiger partial charge in [-0.05, 0) is 36.6 Å². The summed E-state index contributed by atoms with van der Waals surface area (Å²) in [6.45, 7) is 2.14. The van der Waals surface area contributed by atoms with Gasteiger partial charge in [-0.3, -0.25) is 4.55 Å². The van der Waals surface area contributed by atoms with Crippen molar-refractivity contribution in [1.82, 2.24) is 0 Å². The van der Waals surface area contributed by atoms with Gasteiger partial charge in [-0.1, -0.05) is 44.4 Å². The van der Waals surface area contributed by atoms with E-state index in [0.717, 1.165) is 37.7 Å². The molecule has 0 aliphatic heterocycles. The van der Waals surface area contributed by atoms with Gasteiger partial charge in [0.15, 0.2) is 11.5 Å². The molecule has 0 atom stereocenters. The molecule has 0 aromatic heterocycles. The Labute approximate surface area is 142 Å². The van der Waals surface area contributed by atoms with E-state index in [9.17, 15) is 13.5 Å². The first kappa shape index (κ1) is 18.3. The van der Waals surface area contributed by atoms with Crippen LogP contribution in [0.5, 0.6) is 17.2 Å². The lowest BCUT2D eigenvalue weighted by molar-refractivity contribution is 0.405. The standard InChI is InChI=1S/C18H22O5S/c1-2-3-4-5-8-14-9-6-12-17(19)18(14)23-15-10-7-11-16(13-15)24(20,21)22/h6-7,9-13,19H,2-5,8H2,1H3,(H,20,21,22). The summed E-state index contributed by atoms with van der Waals surface area (Å²) in [7, 11) is -4.30. The zero-order valence-electron chi connectivity index (χ0n) is 13.6. The first-order valence-corrected chi connectivity index (χ1v) is 9.42. The number of hydrogen-bond acceptors (Lipinski definition) is 4. The molecular formula is C18H22O5S. The Morgan fingerprint density at radius 1 is 1.04 bits per heavy atom. The van der Waals surface area contributed by atoms with Crippen molar-refractivity contribution in [3.8, 4) is 17.2 Å². The van der Waals surface area contributed by atoms with Crippen LogP contribution in [0.2, 0.25) is 0 Å². The van der Waals surface area contributed by atoms with E-state index in [1.54, 1.807) is 12.1 Å². The van der Waals surface area contributed by atoms with E-state index in [0.29, 0.717) is 5.75 Å². The lowest BCUT2D eigenvalue weighted by atomic mass is 10.0. The molecule has 6 heteroatoms. The zero-order chi connectivity index (χ0) is 17.6. The van der Waals surface area contributed by atoms with Gasteiger partial charge in [0.05, 0.1) is 4.90 Å². The molecule has 0 saturated heterocycles. The highest BCUT2D eigenvalue weighted by atomic mass is 32.2. The molecule has 130 valence electrons. The molecule has 0 saturated carbocycles. The summed E-state index contributed by atoms with van der Waals surface area (Å²) >= 11 is 0. The highest BCUT2D eigenvalue weighted by molar-refractivity contribution is 7.85. The van der Waals surface area contributed by atoms with E-state index < -0.39 is 10.1 Å². The summed E-state index contributed by atoms with van der Waals surface area (Å²) in [4.78, 5) is -0.250. The number of phenolic OH excluding ortho intramolecular Hbond substituents is 1. The monoisotopic (exact) mass is 350 g/mol. The minimum absolute atomic E-state index is 0.000232. The predicted molar refractivity (Wildman–Crippen MR) is 92.3 cm³/mol. The van der Waals surface area contributed by atoms with Gasteiger partial charge in [0, 0.05) is 6.07 Å². The third-order valence-electron chi connectivity index (χ3n) is 3.70. The third-order valence-corrected chi connectivity index (χ3v) is 4.55. The van der Waals surface area contributed by atoms with Gasteiger partial charge in [-0.15, -0.1) is 0 Å². The summed E-state index contributed by atoms with van der Waals surface area (Å²) in [5.74, 6) is 0.558. The lowest BCUT2D eigenvalue weighted by Crippen LogP contribution is -1.99. The molecular weight excluding hydrogens is 328 g/mol. The SMILES string of the molecule is CCCCCCc1cccc(O)c1Oc1cccc(S(=O)(=O)O)c1. The topological polar surface area (TPSA) is 83.8 Å². The molecule has 2 rings (SSSR count). The number of benzene rings is 2. The highest BCUT2D eigenvalue weighted by Crippen LogP contribution is 2.35. The van der Waals surface area contributed by atoms with Crippen LogP contribution in [0.3, 0.4) is 0 Å².